The Labute approximate surface area is 250 Å². The normalized spacial score (nSPS) is 11.9. The number of carbonyl (C=O) groups excluding carboxylic acids is 1. The second kappa shape index (κ2) is 13.4. The summed E-state index contributed by atoms with van der Waals surface area (Å²) in [5.41, 5.74) is 6.96. The van der Waals surface area contributed by atoms with Gasteiger partial charge in [0.2, 0.25) is 5.78 Å². The standard InChI is InChI=1S/C38H35N2OP/c1-29(2)37(41)38(30(3)39-40-36(31-19-9-4-10-20-31)32-21-11-5-12-22-32)42(33-23-13-6-14-24-33,34-25-15-7-16-26-34)35-27-17-8-18-28-35/h4-29H,1-3H3/p+1. The van der Waals surface area contributed by atoms with E-state index in [1.54, 1.807) is 0 Å². The van der Waals surface area contributed by atoms with Gasteiger partial charge in [-0.05, 0) is 43.3 Å². The Morgan fingerprint density at radius 3 is 1.24 bits per heavy atom. The van der Waals surface area contributed by atoms with Gasteiger partial charge in [-0.1, -0.05) is 129 Å². The molecule has 0 atom stereocenters. The molecule has 0 bridgehead atoms. The Kier molecular flexibility index (Phi) is 9.21. The van der Waals surface area contributed by atoms with E-state index in [9.17, 15) is 4.79 Å². The van der Waals surface area contributed by atoms with Crippen molar-refractivity contribution in [1.82, 2.24) is 5.43 Å². The van der Waals surface area contributed by atoms with Crippen molar-refractivity contribution in [3.05, 3.63) is 174 Å². The van der Waals surface area contributed by atoms with Gasteiger partial charge in [0.25, 0.3) is 0 Å². The maximum Gasteiger partial charge on any atom is 0.203 e. The summed E-state index contributed by atoms with van der Waals surface area (Å²) in [5.74, 6) is -0.0972. The first kappa shape index (κ1) is 28.9. The van der Waals surface area contributed by atoms with E-state index in [0.29, 0.717) is 0 Å². The first-order valence-corrected chi connectivity index (χ1v) is 16.1. The fraction of sp³-hybridized carbons (Fsp3) is 0.105. The van der Waals surface area contributed by atoms with Crippen LogP contribution in [0, 0.1) is 5.92 Å². The number of Topliss-reactive ketones (excluding diaryl/α,β-unsaturated/α-hetero) is 1. The lowest BCUT2D eigenvalue weighted by atomic mass is 10.0. The lowest BCUT2D eigenvalue weighted by molar-refractivity contribution is -0.117. The fourth-order valence-electron chi connectivity index (χ4n) is 5.34. The lowest BCUT2D eigenvalue weighted by Crippen LogP contribution is -2.37. The van der Waals surface area contributed by atoms with Crippen molar-refractivity contribution in [2.45, 2.75) is 20.8 Å². The first-order valence-electron chi connectivity index (χ1n) is 14.3. The highest BCUT2D eigenvalue weighted by Crippen LogP contribution is 2.63. The molecule has 0 saturated heterocycles. The third-order valence-corrected chi connectivity index (χ3v) is 11.8. The molecule has 0 radical (unpaired) electrons. The number of hydrazone groups is 1. The highest BCUT2D eigenvalue weighted by atomic mass is 31.2. The number of allylic oxidation sites excluding steroid dienone is 2. The van der Waals surface area contributed by atoms with Gasteiger partial charge in [-0.15, -0.1) is 0 Å². The number of benzene rings is 5. The minimum absolute atomic E-state index is 0.112. The van der Waals surface area contributed by atoms with E-state index in [0.717, 1.165) is 43.8 Å². The van der Waals surface area contributed by atoms with Crippen LogP contribution in [-0.4, -0.2) is 11.5 Å². The molecule has 0 aliphatic heterocycles. The van der Waals surface area contributed by atoms with Gasteiger partial charge in [0.15, 0.2) is 5.31 Å². The molecule has 5 aromatic carbocycles. The van der Waals surface area contributed by atoms with Crippen LogP contribution in [0.1, 0.15) is 31.9 Å². The van der Waals surface area contributed by atoms with Crippen LogP contribution in [0.4, 0.5) is 0 Å². The maximum atomic E-state index is 14.5. The highest BCUT2D eigenvalue weighted by molar-refractivity contribution is 7.99. The third-order valence-electron chi connectivity index (χ3n) is 7.31. The van der Waals surface area contributed by atoms with Crippen LogP contribution in [0.15, 0.2) is 168 Å². The highest BCUT2D eigenvalue weighted by Gasteiger charge is 2.53. The molecule has 0 saturated carbocycles. The molecule has 4 heteroatoms. The molecule has 0 aromatic heterocycles. The predicted molar refractivity (Wildman–Crippen MR) is 179 cm³/mol. The van der Waals surface area contributed by atoms with Gasteiger partial charge in [-0.25, -0.2) is 0 Å². The topological polar surface area (TPSA) is 41.5 Å². The monoisotopic (exact) mass is 567 g/mol. The van der Waals surface area contributed by atoms with Crippen molar-refractivity contribution >= 4 is 34.7 Å². The largest absolute Gasteiger partial charge is 0.290 e. The summed E-state index contributed by atoms with van der Waals surface area (Å²) in [7, 11) is -2.64. The molecule has 0 unspecified atom stereocenters. The molecule has 0 amide bonds. The Morgan fingerprint density at radius 1 is 0.571 bits per heavy atom. The van der Waals surface area contributed by atoms with E-state index < -0.39 is 7.26 Å². The van der Waals surface area contributed by atoms with Crippen LogP contribution in [0.3, 0.4) is 0 Å². The number of nitrogens with one attached hydrogen (secondary N) is 1. The summed E-state index contributed by atoms with van der Waals surface area (Å²) < 4.78 is 0. The summed E-state index contributed by atoms with van der Waals surface area (Å²) in [6, 6.07) is 51.8. The summed E-state index contributed by atoms with van der Waals surface area (Å²) in [6.45, 7) is 5.96. The summed E-state index contributed by atoms with van der Waals surface area (Å²) in [5, 5.41) is 9.16. The van der Waals surface area contributed by atoms with Crippen LogP contribution >= 0.6 is 7.26 Å². The van der Waals surface area contributed by atoms with E-state index >= 15 is 0 Å². The Morgan fingerprint density at radius 2 is 0.905 bits per heavy atom. The van der Waals surface area contributed by atoms with Crippen molar-refractivity contribution in [2.24, 2.45) is 11.0 Å². The average molecular weight is 568 g/mol. The van der Waals surface area contributed by atoms with Crippen LogP contribution in [0.5, 0.6) is 0 Å². The molecule has 5 aromatic rings. The fourth-order valence-corrected chi connectivity index (χ4v) is 10.0. The van der Waals surface area contributed by atoms with Crippen LogP contribution in [0.25, 0.3) is 0 Å². The van der Waals surface area contributed by atoms with E-state index in [1.165, 1.54) is 0 Å². The van der Waals surface area contributed by atoms with Gasteiger partial charge in [0, 0.05) is 17.0 Å². The average Bonchev–Trinajstić information content (AvgIpc) is 3.05. The number of hydrogen-bond donors (Lipinski definition) is 1. The molecule has 208 valence electrons. The van der Waals surface area contributed by atoms with Crippen LogP contribution in [0.2, 0.25) is 0 Å². The quantitative estimate of drug-likeness (QED) is 0.0823. The van der Waals surface area contributed by atoms with Crippen LogP contribution < -0.4 is 21.3 Å². The smallest absolute Gasteiger partial charge is 0.203 e. The minimum Gasteiger partial charge on any atom is -0.290 e. The molecular formula is C38H36N2OP+. The number of nitrogens with zero attached hydrogens (tertiary/aromatic N) is 1. The maximum absolute atomic E-state index is 14.5. The van der Waals surface area contributed by atoms with E-state index in [4.69, 9.17) is 5.10 Å². The molecule has 3 nitrogen and oxygen atoms in total. The molecule has 1 N–H and O–H groups in total. The molecule has 0 aliphatic rings. The number of carbonyl (C=O) groups is 1. The second-order valence-corrected chi connectivity index (χ2v) is 13.8. The van der Waals surface area contributed by atoms with Crippen molar-refractivity contribution in [3.63, 3.8) is 0 Å². The third kappa shape index (κ3) is 5.88. The number of ketones is 1. The molecular weight excluding hydrogens is 531 g/mol. The van der Waals surface area contributed by atoms with Gasteiger partial charge < -0.3 is 0 Å². The number of hydrogen-bond acceptors (Lipinski definition) is 3. The summed E-state index contributed by atoms with van der Waals surface area (Å²) >= 11 is 0. The van der Waals surface area contributed by atoms with Gasteiger partial charge >= 0.3 is 0 Å². The van der Waals surface area contributed by atoms with Crippen molar-refractivity contribution in [2.75, 3.05) is 0 Å². The van der Waals surface area contributed by atoms with Gasteiger partial charge in [-0.2, -0.15) is 5.10 Å². The SMILES string of the molecule is CC(NN=C(c1ccccc1)c1ccccc1)=C(C(=O)C(C)C)[P+](c1ccccc1)(c1ccccc1)c1ccccc1. The van der Waals surface area contributed by atoms with Crippen LogP contribution in [-0.2, 0) is 4.79 Å². The van der Waals surface area contributed by atoms with E-state index in [1.807, 2.05) is 75.4 Å². The predicted octanol–water partition coefficient (Wildman–Crippen LogP) is 7.48. The van der Waals surface area contributed by atoms with Gasteiger partial charge in [-0.3, -0.25) is 10.2 Å². The molecule has 0 heterocycles. The Bertz CT molecular complexity index is 1530. The number of rotatable bonds is 10. The van der Waals surface area contributed by atoms with Crippen molar-refractivity contribution in [1.29, 1.82) is 0 Å². The second-order valence-electron chi connectivity index (χ2n) is 10.5. The molecule has 0 spiro atoms. The molecule has 42 heavy (non-hydrogen) atoms. The first-order chi connectivity index (χ1) is 20.5. The zero-order chi connectivity index (χ0) is 29.4. The summed E-state index contributed by atoms with van der Waals surface area (Å²) in [6.07, 6.45) is 0. The van der Waals surface area contributed by atoms with E-state index in [2.05, 4.69) is 102 Å². The molecule has 0 fully saturated rings. The Hall–Kier alpha value is -4.59. The Balaban J connectivity index is 1.82. The van der Waals surface area contributed by atoms with Gasteiger partial charge in [0.05, 0.1) is 11.4 Å². The zero-order valence-electron chi connectivity index (χ0n) is 24.3. The minimum atomic E-state index is -2.64. The molecule has 0 aliphatic carbocycles. The molecule has 5 rings (SSSR count). The van der Waals surface area contributed by atoms with Gasteiger partial charge in [0.1, 0.15) is 23.2 Å². The lowest BCUT2D eigenvalue weighted by Gasteiger charge is -2.30. The van der Waals surface area contributed by atoms with E-state index in [-0.39, 0.29) is 11.7 Å². The zero-order valence-corrected chi connectivity index (χ0v) is 25.2. The summed E-state index contributed by atoms with van der Waals surface area (Å²) in [4.78, 5) is 14.5. The van der Waals surface area contributed by atoms with Crippen molar-refractivity contribution < 1.29 is 4.79 Å². The van der Waals surface area contributed by atoms with Crippen molar-refractivity contribution in [3.8, 4) is 0 Å².